The Morgan fingerprint density at radius 1 is 0.288 bits per heavy atom. The highest BCUT2D eigenvalue weighted by atomic mass is 15.1. The van der Waals surface area contributed by atoms with Gasteiger partial charge in [0.2, 0.25) is 0 Å². The molecular formula is C57H40N2. The molecule has 0 aliphatic heterocycles. The van der Waals surface area contributed by atoms with Crippen LogP contribution in [0.25, 0.3) is 43.8 Å². The Morgan fingerprint density at radius 2 is 0.712 bits per heavy atom. The van der Waals surface area contributed by atoms with Crippen LogP contribution in [-0.2, 0) is 0 Å². The first kappa shape index (κ1) is 34.6. The molecule has 0 spiro atoms. The summed E-state index contributed by atoms with van der Waals surface area (Å²) in [5.74, 6) is 0.0883. The lowest BCUT2D eigenvalue weighted by Crippen LogP contribution is -2.11. The van der Waals surface area contributed by atoms with Crippen LogP contribution in [-0.4, -0.2) is 0 Å². The predicted octanol–water partition coefficient (Wildman–Crippen LogP) is 15.8. The molecule has 0 saturated heterocycles. The summed E-state index contributed by atoms with van der Waals surface area (Å²) >= 11 is 0. The Hall–Kier alpha value is -7.68. The van der Waals surface area contributed by atoms with E-state index in [0.29, 0.717) is 0 Å². The Labute approximate surface area is 345 Å². The van der Waals surface area contributed by atoms with Gasteiger partial charge in [-0.05, 0) is 110 Å². The third-order valence-electron chi connectivity index (χ3n) is 11.9. The lowest BCUT2D eigenvalue weighted by Gasteiger charge is -2.27. The van der Waals surface area contributed by atoms with Crippen molar-refractivity contribution in [3.63, 3.8) is 0 Å². The number of hydrogen-bond acceptors (Lipinski definition) is 2. The fraction of sp³-hybridized carbons (Fsp3) is 0.0175. The second-order valence-corrected chi connectivity index (χ2v) is 15.3. The average molecular weight is 753 g/mol. The fourth-order valence-electron chi connectivity index (χ4n) is 9.28. The van der Waals surface area contributed by atoms with Crippen LogP contribution in [0, 0.1) is 0 Å². The Morgan fingerprint density at radius 3 is 1.31 bits per heavy atom. The summed E-state index contributed by atoms with van der Waals surface area (Å²) in [4.78, 5) is 4.76. The van der Waals surface area contributed by atoms with Gasteiger partial charge in [-0.25, -0.2) is 0 Å². The Bertz CT molecular complexity index is 3090. The zero-order valence-corrected chi connectivity index (χ0v) is 32.5. The van der Waals surface area contributed by atoms with Gasteiger partial charge in [-0.2, -0.15) is 0 Å². The van der Waals surface area contributed by atoms with Crippen LogP contribution in [0.1, 0.15) is 22.6 Å². The normalized spacial score (nSPS) is 12.9. The first-order valence-corrected chi connectivity index (χ1v) is 20.4. The zero-order chi connectivity index (χ0) is 39.1. The van der Waals surface area contributed by atoms with Crippen LogP contribution in [0.5, 0.6) is 0 Å². The molecule has 0 heterocycles. The Kier molecular flexibility index (Phi) is 8.60. The molecule has 1 unspecified atom stereocenters. The summed E-state index contributed by atoms with van der Waals surface area (Å²) in [5.41, 5.74) is 15.9. The summed E-state index contributed by atoms with van der Waals surface area (Å²) in [5, 5.41) is 4.90. The van der Waals surface area contributed by atoms with Crippen molar-refractivity contribution in [1.29, 1.82) is 0 Å². The first-order valence-electron chi connectivity index (χ1n) is 20.4. The first-order chi connectivity index (χ1) is 29.3. The lowest BCUT2D eigenvalue weighted by molar-refractivity contribution is 1.02. The summed E-state index contributed by atoms with van der Waals surface area (Å²) in [6.45, 7) is 0. The standard InChI is InChI=1S/C57H40N2/c1-3-20-44(21-4-1)58(54-30-13-18-40-16-7-9-24-48(40)54)46-36-32-42(33-37-46)50-28-15-29-53-51-26-11-12-27-52(51)56(57(50)53)43-34-38-47(39-35-43)59(45-22-5-2-6-23-45)55-31-14-19-41-17-8-10-25-49(41)55/h1-39,56H. The van der Waals surface area contributed by atoms with Crippen LogP contribution >= 0.6 is 0 Å². The quantitative estimate of drug-likeness (QED) is 0.152. The van der Waals surface area contributed by atoms with Crippen molar-refractivity contribution >= 4 is 55.7 Å². The minimum atomic E-state index is 0.0883. The number of hydrogen-bond donors (Lipinski definition) is 0. The van der Waals surface area contributed by atoms with E-state index in [1.165, 1.54) is 60.5 Å². The van der Waals surface area contributed by atoms with Crippen molar-refractivity contribution in [2.24, 2.45) is 0 Å². The minimum Gasteiger partial charge on any atom is -0.310 e. The van der Waals surface area contributed by atoms with Gasteiger partial charge in [0.15, 0.2) is 0 Å². The van der Waals surface area contributed by atoms with E-state index in [1.54, 1.807) is 0 Å². The zero-order valence-electron chi connectivity index (χ0n) is 32.5. The van der Waals surface area contributed by atoms with Crippen molar-refractivity contribution in [3.05, 3.63) is 253 Å². The monoisotopic (exact) mass is 752 g/mol. The predicted molar refractivity (Wildman–Crippen MR) is 249 cm³/mol. The lowest BCUT2D eigenvalue weighted by atomic mass is 9.85. The van der Waals surface area contributed by atoms with Crippen molar-refractivity contribution < 1.29 is 0 Å². The summed E-state index contributed by atoms with van der Waals surface area (Å²) in [7, 11) is 0. The van der Waals surface area contributed by atoms with Gasteiger partial charge in [-0.15, -0.1) is 0 Å². The van der Waals surface area contributed by atoms with E-state index >= 15 is 0 Å². The van der Waals surface area contributed by atoms with Gasteiger partial charge in [0.1, 0.15) is 0 Å². The molecule has 11 rings (SSSR count). The van der Waals surface area contributed by atoms with E-state index in [-0.39, 0.29) is 5.92 Å². The third kappa shape index (κ3) is 6.05. The van der Waals surface area contributed by atoms with Crippen LogP contribution in [0.15, 0.2) is 237 Å². The summed E-state index contributed by atoms with van der Waals surface area (Å²) < 4.78 is 0. The molecule has 10 aromatic carbocycles. The van der Waals surface area contributed by atoms with Crippen molar-refractivity contribution in [1.82, 2.24) is 0 Å². The maximum Gasteiger partial charge on any atom is 0.0540 e. The maximum atomic E-state index is 2.38. The average Bonchev–Trinajstić information content (AvgIpc) is 3.65. The van der Waals surface area contributed by atoms with Crippen LogP contribution in [0.2, 0.25) is 0 Å². The Balaban J connectivity index is 1.01. The molecule has 2 nitrogen and oxygen atoms in total. The molecule has 59 heavy (non-hydrogen) atoms. The second kappa shape index (κ2) is 14.7. The van der Waals surface area contributed by atoms with Crippen LogP contribution < -0.4 is 9.80 Å². The van der Waals surface area contributed by atoms with Crippen molar-refractivity contribution in [2.45, 2.75) is 5.92 Å². The van der Waals surface area contributed by atoms with Gasteiger partial charge in [0.05, 0.1) is 11.4 Å². The van der Waals surface area contributed by atoms with E-state index in [0.717, 1.165) is 34.1 Å². The second-order valence-electron chi connectivity index (χ2n) is 15.3. The number of rotatable bonds is 8. The van der Waals surface area contributed by atoms with E-state index in [2.05, 4.69) is 246 Å². The number of nitrogens with zero attached hydrogens (tertiary/aromatic N) is 2. The number of anilines is 6. The van der Waals surface area contributed by atoms with Crippen LogP contribution in [0.3, 0.4) is 0 Å². The van der Waals surface area contributed by atoms with E-state index in [4.69, 9.17) is 0 Å². The molecular weight excluding hydrogens is 713 g/mol. The maximum absolute atomic E-state index is 2.38. The highest BCUT2D eigenvalue weighted by Crippen LogP contribution is 2.52. The SMILES string of the molecule is c1ccc(N(c2ccc(-c3cccc4c3C(c3ccc(N(c5ccccc5)c5cccc6ccccc56)cc3)c3ccccc3-4)cc2)c2cccc3ccccc23)cc1. The van der Waals surface area contributed by atoms with Gasteiger partial charge in [0, 0.05) is 39.4 Å². The molecule has 2 heteroatoms. The molecule has 0 fully saturated rings. The molecule has 1 atom stereocenters. The van der Waals surface area contributed by atoms with Gasteiger partial charge in [0.25, 0.3) is 0 Å². The molecule has 1 aliphatic carbocycles. The third-order valence-corrected chi connectivity index (χ3v) is 11.9. The van der Waals surface area contributed by atoms with E-state index in [9.17, 15) is 0 Å². The summed E-state index contributed by atoms with van der Waals surface area (Å²) in [6, 6.07) is 86.0. The summed E-state index contributed by atoms with van der Waals surface area (Å²) in [6.07, 6.45) is 0. The molecule has 1 aliphatic rings. The molecule has 0 N–H and O–H groups in total. The highest BCUT2D eigenvalue weighted by Gasteiger charge is 2.32. The smallest absolute Gasteiger partial charge is 0.0540 e. The molecule has 0 amide bonds. The molecule has 0 saturated carbocycles. The number of para-hydroxylation sites is 2. The molecule has 0 radical (unpaired) electrons. The van der Waals surface area contributed by atoms with Crippen molar-refractivity contribution in [2.75, 3.05) is 9.80 Å². The topological polar surface area (TPSA) is 6.48 Å². The highest BCUT2D eigenvalue weighted by molar-refractivity contribution is 6.00. The van der Waals surface area contributed by atoms with E-state index < -0.39 is 0 Å². The van der Waals surface area contributed by atoms with Gasteiger partial charge < -0.3 is 9.80 Å². The van der Waals surface area contributed by atoms with Gasteiger partial charge >= 0.3 is 0 Å². The molecule has 0 aromatic heterocycles. The number of fused-ring (bicyclic) bond motifs is 5. The molecule has 278 valence electrons. The van der Waals surface area contributed by atoms with Gasteiger partial charge in [-0.1, -0.05) is 176 Å². The number of benzene rings is 10. The van der Waals surface area contributed by atoms with Crippen LogP contribution in [0.4, 0.5) is 34.1 Å². The molecule has 10 aromatic rings. The molecule has 0 bridgehead atoms. The largest absolute Gasteiger partial charge is 0.310 e. The van der Waals surface area contributed by atoms with Crippen molar-refractivity contribution in [3.8, 4) is 22.3 Å². The minimum absolute atomic E-state index is 0.0883. The van der Waals surface area contributed by atoms with E-state index in [1.807, 2.05) is 0 Å². The van der Waals surface area contributed by atoms with Gasteiger partial charge in [-0.3, -0.25) is 0 Å². The fourth-order valence-corrected chi connectivity index (χ4v) is 9.28.